The van der Waals surface area contributed by atoms with E-state index in [0.717, 1.165) is 6.07 Å². The molecule has 1 unspecified atom stereocenters. The van der Waals surface area contributed by atoms with Crippen LogP contribution in [0.2, 0.25) is 0 Å². The third kappa shape index (κ3) is 3.82. The van der Waals surface area contributed by atoms with Crippen molar-refractivity contribution in [3.63, 3.8) is 0 Å². The van der Waals surface area contributed by atoms with Gasteiger partial charge in [0.2, 0.25) is 0 Å². The van der Waals surface area contributed by atoms with Crippen LogP contribution in [0, 0.1) is 11.7 Å². The van der Waals surface area contributed by atoms with Crippen molar-refractivity contribution in [2.45, 2.75) is 33.5 Å². The van der Waals surface area contributed by atoms with Gasteiger partial charge in [0.05, 0.1) is 18.3 Å². The lowest BCUT2D eigenvalue weighted by molar-refractivity contribution is 0.0226. The number of aromatic carboxylic acids is 1. The minimum absolute atomic E-state index is 0.0000813. The topological polar surface area (TPSA) is 46.5 Å². The molecule has 0 bridgehead atoms. The molecule has 0 fully saturated rings. The van der Waals surface area contributed by atoms with Crippen molar-refractivity contribution < 1.29 is 19.0 Å². The molecule has 0 saturated carbocycles. The highest BCUT2D eigenvalue weighted by molar-refractivity contribution is 5.89. The Balaban J connectivity index is 2.82. The molecule has 1 aromatic carbocycles. The van der Waals surface area contributed by atoms with Gasteiger partial charge in [0.15, 0.2) is 0 Å². The van der Waals surface area contributed by atoms with Crippen molar-refractivity contribution in [1.29, 1.82) is 0 Å². The van der Waals surface area contributed by atoms with Crippen molar-refractivity contribution in [2.75, 3.05) is 0 Å². The fourth-order valence-electron chi connectivity index (χ4n) is 1.30. The summed E-state index contributed by atoms with van der Waals surface area (Å²) in [5.74, 6) is -1.19. The number of halogens is 1. The number of hydrogen-bond acceptors (Lipinski definition) is 2. The van der Waals surface area contributed by atoms with Crippen LogP contribution in [0.1, 0.15) is 36.7 Å². The van der Waals surface area contributed by atoms with Crippen LogP contribution < -0.4 is 0 Å². The zero-order chi connectivity index (χ0) is 13.0. The Hall–Kier alpha value is -1.42. The Morgan fingerprint density at radius 1 is 1.41 bits per heavy atom. The minimum atomic E-state index is -1.07. The molecule has 0 heterocycles. The van der Waals surface area contributed by atoms with Crippen molar-refractivity contribution in [3.05, 3.63) is 35.1 Å². The van der Waals surface area contributed by atoms with Crippen LogP contribution in [-0.2, 0) is 11.3 Å². The normalized spacial score (nSPS) is 12.8. The second-order valence-corrected chi connectivity index (χ2v) is 4.37. The molecular formula is C13H17FO3. The second kappa shape index (κ2) is 5.77. The third-order valence-electron chi connectivity index (χ3n) is 2.74. The molecule has 1 atom stereocenters. The molecule has 0 aliphatic rings. The summed E-state index contributed by atoms with van der Waals surface area (Å²) in [6.45, 7) is 6.03. The van der Waals surface area contributed by atoms with Crippen LogP contribution in [-0.4, -0.2) is 17.2 Å². The lowest BCUT2D eigenvalue weighted by Gasteiger charge is -2.17. The summed E-state index contributed by atoms with van der Waals surface area (Å²) in [6, 6.07) is 3.60. The molecule has 0 amide bonds. The Bertz CT molecular complexity index is 402. The van der Waals surface area contributed by atoms with E-state index in [2.05, 4.69) is 0 Å². The molecule has 0 spiro atoms. The first kappa shape index (κ1) is 13.6. The van der Waals surface area contributed by atoms with Gasteiger partial charge in [-0.25, -0.2) is 9.18 Å². The standard InChI is InChI=1S/C13H17FO3/c1-8(2)9(3)17-7-10-6-11(14)4-5-12(10)13(15)16/h4-6,8-9H,7H2,1-3H3,(H,15,16). The summed E-state index contributed by atoms with van der Waals surface area (Å²) < 4.78 is 18.6. The first-order valence-electron chi connectivity index (χ1n) is 5.55. The predicted octanol–water partition coefficient (Wildman–Crippen LogP) is 3.09. The molecule has 4 heteroatoms. The van der Waals surface area contributed by atoms with E-state index in [4.69, 9.17) is 9.84 Å². The summed E-state index contributed by atoms with van der Waals surface area (Å²) in [4.78, 5) is 10.9. The number of ether oxygens (including phenoxy) is 1. The van der Waals surface area contributed by atoms with Crippen molar-refractivity contribution >= 4 is 5.97 Å². The molecule has 0 radical (unpaired) electrons. The van der Waals surface area contributed by atoms with Gasteiger partial charge in [-0.3, -0.25) is 0 Å². The summed E-state index contributed by atoms with van der Waals surface area (Å²) in [6.07, 6.45) is -0.0000813. The molecule has 0 saturated heterocycles. The van der Waals surface area contributed by atoms with Gasteiger partial charge in [-0.2, -0.15) is 0 Å². The molecule has 0 aliphatic carbocycles. The van der Waals surface area contributed by atoms with Crippen LogP contribution in [0.25, 0.3) is 0 Å². The van der Waals surface area contributed by atoms with Gasteiger partial charge in [0, 0.05) is 0 Å². The quantitative estimate of drug-likeness (QED) is 0.860. The number of benzene rings is 1. The Kier molecular flexibility index (Phi) is 4.63. The average Bonchev–Trinajstić information content (AvgIpc) is 2.25. The Labute approximate surface area is 100 Å². The maximum absolute atomic E-state index is 13.0. The highest BCUT2D eigenvalue weighted by Crippen LogP contribution is 2.15. The van der Waals surface area contributed by atoms with E-state index < -0.39 is 11.8 Å². The molecule has 1 aromatic rings. The van der Waals surface area contributed by atoms with E-state index in [-0.39, 0.29) is 18.3 Å². The maximum Gasteiger partial charge on any atom is 0.336 e. The lowest BCUT2D eigenvalue weighted by atomic mass is 10.1. The van der Waals surface area contributed by atoms with Gasteiger partial charge >= 0.3 is 5.97 Å². The molecule has 0 aliphatic heterocycles. The highest BCUT2D eigenvalue weighted by atomic mass is 19.1. The molecule has 3 nitrogen and oxygen atoms in total. The van der Waals surface area contributed by atoms with Gasteiger partial charge in [-0.1, -0.05) is 13.8 Å². The van der Waals surface area contributed by atoms with Crippen molar-refractivity contribution in [3.8, 4) is 0 Å². The summed E-state index contributed by atoms with van der Waals surface area (Å²) >= 11 is 0. The second-order valence-electron chi connectivity index (χ2n) is 4.37. The lowest BCUT2D eigenvalue weighted by Crippen LogP contribution is -2.16. The van der Waals surface area contributed by atoms with E-state index in [9.17, 15) is 9.18 Å². The molecular weight excluding hydrogens is 223 g/mol. The van der Waals surface area contributed by atoms with Crippen LogP contribution >= 0.6 is 0 Å². The molecule has 1 N–H and O–H groups in total. The van der Waals surface area contributed by atoms with E-state index in [0.29, 0.717) is 11.5 Å². The van der Waals surface area contributed by atoms with Crippen LogP contribution in [0.4, 0.5) is 4.39 Å². The van der Waals surface area contributed by atoms with E-state index in [1.807, 2.05) is 20.8 Å². The zero-order valence-electron chi connectivity index (χ0n) is 10.2. The van der Waals surface area contributed by atoms with Gasteiger partial charge in [0.25, 0.3) is 0 Å². The fraction of sp³-hybridized carbons (Fsp3) is 0.462. The SMILES string of the molecule is CC(C)C(C)OCc1cc(F)ccc1C(=O)O. The van der Waals surface area contributed by atoms with Crippen molar-refractivity contribution in [2.24, 2.45) is 5.92 Å². The molecule has 17 heavy (non-hydrogen) atoms. The number of carboxylic acid groups (broad SMARTS) is 1. The number of carboxylic acids is 1. The van der Waals surface area contributed by atoms with Crippen molar-refractivity contribution in [1.82, 2.24) is 0 Å². The molecule has 1 rings (SSSR count). The highest BCUT2D eigenvalue weighted by Gasteiger charge is 2.13. The Morgan fingerprint density at radius 2 is 2.06 bits per heavy atom. The first-order chi connectivity index (χ1) is 7.91. The van der Waals surface area contributed by atoms with Crippen LogP contribution in [0.3, 0.4) is 0 Å². The van der Waals surface area contributed by atoms with E-state index in [1.165, 1.54) is 12.1 Å². The molecule has 0 aromatic heterocycles. The zero-order valence-corrected chi connectivity index (χ0v) is 10.2. The number of hydrogen-bond donors (Lipinski definition) is 1. The number of rotatable bonds is 5. The fourth-order valence-corrected chi connectivity index (χ4v) is 1.30. The van der Waals surface area contributed by atoms with Gasteiger partial charge in [-0.05, 0) is 36.6 Å². The number of carbonyl (C=O) groups is 1. The minimum Gasteiger partial charge on any atom is -0.478 e. The van der Waals surface area contributed by atoms with E-state index >= 15 is 0 Å². The first-order valence-corrected chi connectivity index (χ1v) is 5.55. The monoisotopic (exact) mass is 240 g/mol. The van der Waals surface area contributed by atoms with Gasteiger partial charge in [0.1, 0.15) is 5.82 Å². The average molecular weight is 240 g/mol. The maximum atomic E-state index is 13.0. The summed E-state index contributed by atoms with van der Waals surface area (Å²) in [7, 11) is 0. The van der Waals surface area contributed by atoms with Gasteiger partial charge < -0.3 is 9.84 Å². The smallest absolute Gasteiger partial charge is 0.336 e. The van der Waals surface area contributed by atoms with E-state index in [1.54, 1.807) is 0 Å². The van der Waals surface area contributed by atoms with Crippen LogP contribution in [0.5, 0.6) is 0 Å². The van der Waals surface area contributed by atoms with Gasteiger partial charge in [-0.15, -0.1) is 0 Å². The van der Waals surface area contributed by atoms with Crippen LogP contribution in [0.15, 0.2) is 18.2 Å². The Morgan fingerprint density at radius 3 is 2.59 bits per heavy atom. The summed E-state index contributed by atoms with van der Waals surface area (Å²) in [5.41, 5.74) is 0.451. The largest absolute Gasteiger partial charge is 0.478 e. The molecule has 94 valence electrons. The third-order valence-corrected chi connectivity index (χ3v) is 2.74. The summed E-state index contributed by atoms with van der Waals surface area (Å²) in [5, 5.41) is 8.95. The predicted molar refractivity (Wildman–Crippen MR) is 62.4 cm³/mol.